The van der Waals surface area contributed by atoms with E-state index in [0.717, 1.165) is 10.1 Å². The Hall–Kier alpha value is -4.08. The van der Waals surface area contributed by atoms with E-state index < -0.39 is 17.2 Å². The van der Waals surface area contributed by atoms with Crippen LogP contribution in [0.2, 0.25) is 0 Å². The van der Waals surface area contributed by atoms with E-state index in [1.807, 2.05) is 19.9 Å². The Morgan fingerprint density at radius 2 is 1.94 bits per heavy atom. The van der Waals surface area contributed by atoms with Gasteiger partial charge in [0.15, 0.2) is 5.52 Å². The van der Waals surface area contributed by atoms with Crippen molar-refractivity contribution in [2.75, 3.05) is 12.4 Å². The second-order valence-electron chi connectivity index (χ2n) is 7.69. The predicted molar refractivity (Wildman–Crippen MR) is 123 cm³/mol. The fourth-order valence-corrected chi connectivity index (χ4v) is 3.89. The van der Waals surface area contributed by atoms with Gasteiger partial charge in [0, 0.05) is 6.54 Å². The molecule has 0 atom stereocenters. The lowest BCUT2D eigenvalue weighted by atomic mass is 10.2. The highest BCUT2D eigenvalue weighted by molar-refractivity contribution is 5.93. The largest absolute Gasteiger partial charge is 0.495 e. The Kier molecular flexibility index (Phi) is 5.91. The number of nitrogens with one attached hydrogen (secondary N) is 1. The molecule has 0 aliphatic heterocycles. The number of aryl methyl sites for hydroxylation is 3. The van der Waals surface area contributed by atoms with Crippen LogP contribution in [0.25, 0.3) is 11.0 Å². The lowest BCUT2D eigenvalue weighted by Crippen LogP contribution is -2.42. The third kappa shape index (κ3) is 4.07. The summed E-state index contributed by atoms with van der Waals surface area (Å²) in [6, 6.07) is 8.77. The van der Waals surface area contributed by atoms with Crippen LogP contribution >= 0.6 is 0 Å². The quantitative estimate of drug-likeness (QED) is 0.461. The molecule has 3 heterocycles. The van der Waals surface area contributed by atoms with Crippen LogP contribution in [0.1, 0.15) is 23.9 Å². The molecule has 4 aromatic rings. The average molecular weight is 451 g/mol. The molecule has 4 rings (SSSR count). The van der Waals surface area contributed by atoms with Crippen LogP contribution in [0.3, 0.4) is 0 Å². The standard InChI is InChI=1S/C23H25N5O5/c1-5-28-21-20(15(3)25-28)26(23(31)27(22(21)30)12-16-7-6-10-33-16)13-19(29)24-17-11-14(2)8-9-18(17)32-4/h6-11H,5,12-13H2,1-4H3,(H,24,29). The maximum absolute atomic E-state index is 13.4. The molecule has 0 radical (unpaired) electrons. The number of amides is 1. The Bertz CT molecular complexity index is 1440. The molecule has 1 N–H and O–H groups in total. The molecule has 10 heteroatoms. The van der Waals surface area contributed by atoms with E-state index in [0.29, 0.717) is 35.0 Å². The molecule has 172 valence electrons. The number of benzene rings is 1. The second-order valence-corrected chi connectivity index (χ2v) is 7.69. The van der Waals surface area contributed by atoms with Crippen LogP contribution in [0.5, 0.6) is 5.75 Å². The van der Waals surface area contributed by atoms with E-state index in [2.05, 4.69) is 10.4 Å². The van der Waals surface area contributed by atoms with Gasteiger partial charge >= 0.3 is 5.69 Å². The molecular formula is C23H25N5O5. The van der Waals surface area contributed by atoms with Gasteiger partial charge in [0.25, 0.3) is 5.56 Å². The number of hydrogen-bond acceptors (Lipinski definition) is 6. The summed E-state index contributed by atoms with van der Waals surface area (Å²) in [6.07, 6.45) is 1.47. The van der Waals surface area contributed by atoms with Crippen LogP contribution < -0.4 is 21.3 Å². The van der Waals surface area contributed by atoms with Gasteiger partial charge in [-0.1, -0.05) is 6.07 Å². The zero-order chi connectivity index (χ0) is 23.7. The van der Waals surface area contributed by atoms with Crippen molar-refractivity contribution in [2.45, 2.75) is 40.4 Å². The predicted octanol–water partition coefficient (Wildman–Crippen LogP) is 2.29. The maximum Gasteiger partial charge on any atom is 0.332 e. The molecule has 3 aromatic heterocycles. The number of nitrogens with zero attached hydrogens (tertiary/aromatic N) is 4. The van der Waals surface area contributed by atoms with Gasteiger partial charge in [-0.25, -0.2) is 4.79 Å². The van der Waals surface area contributed by atoms with Crippen LogP contribution in [0, 0.1) is 13.8 Å². The minimum atomic E-state index is -0.617. The third-order valence-corrected chi connectivity index (χ3v) is 5.40. The number of rotatable bonds is 7. The summed E-state index contributed by atoms with van der Waals surface area (Å²) in [4.78, 5) is 39.6. The molecule has 1 aromatic carbocycles. The minimum Gasteiger partial charge on any atom is -0.495 e. The van der Waals surface area contributed by atoms with Crippen molar-refractivity contribution in [2.24, 2.45) is 0 Å². The summed E-state index contributed by atoms with van der Waals surface area (Å²) in [5, 5.41) is 7.21. The van der Waals surface area contributed by atoms with Crippen molar-refractivity contribution in [3.8, 4) is 5.75 Å². The van der Waals surface area contributed by atoms with Crippen molar-refractivity contribution in [1.82, 2.24) is 18.9 Å². The van der Waals surface area contributed by atoms with Crippen LogP contribution in [-0.2, 0) is 24.4 Å². The Morgan fingerprint density at radius 1 is 1.15 bits per heavy atom. The van der Waals surface area contributed by atoms with Gasteiger partial charge in [-0.3, -0.25) is 23.4 Å². The maximum atomic E-state index is 13.4. The van der Waals surface area contributed by atoms with Crippen molar-refractivity contribution < 1.29 is 13.9 Å². The van der Waals surface area contributed by atoms with E-state index in [1.54, 1.807) is 35.9 Å². The molecule has 0 saturated carbocycles. The Labute approximate surface area is 189 Å². The number of methoxy groups -OCH3 is 1. The van der Waals surface area contributed by atoms with Gasteiger partial charge < -0.3 is 14.5 Å². The Morgan fingerprint density at radius 3 is 2.61 bits per heavy atom. The van der Waals surface area contributed by atoms with E-state index in [-0.39, 0.29) is 18.6 Å². The lowest BCUT2D eigenvalue weighted by molar-refractivity contribution is -0.116. The SMILES string of the molecule is CCn1nc(C)c2c1c(=O)n(Cc1ccco1)c(=O)n2CC(=O)Nc1cc(C)ccc1OC. The highest BCUT2D eigenvalue weighted by Gasteiger charge is 2.22. The van der Waals surface area contributed by atoms with Crippen molar-refractivity contribution in [3.05, 3.63) is 74.5 Å². The fraction of sp³-hybridized carbons (Fsp3) is 0.304. The lowest BCUT2D eigenvalue weighted by Gasteiger charge is -2.14. The molecule has 0 aliphatic rings. The monoisotopic (exact) mass is 451 g/mol. The van der Waals surface area contributed by atoms with Crippen LogP contribution in [-0.4, -0.2) is 31.9 Å². The average Bonchev–Trinajstić information content (AvgIpc) is 3.42. The summed E-state index contributed by atoms with van der Waals surface area (Å²) in [5.41, 5.74) is 1.44. The molecule has 0 aliphatic carbocycles. The first-order valence-corrected chi connectivity index (χ1v) is 10.5. The highest BCUT2D eigenvalue weighted by atomic mass is 16.5. The van der Waals surface area contributed by atoms with Gasteiger partial charge in [-0.2, -0.15) is 5.10 Å². The molecule has 0 fully saturated rings. The highest BCUT2D eigenvalue weighted by Crippen LogP contribution is 2.25. The number of fused-ring (bicyclic) bond motifs is 1. The molecule has 10 nitrogen and oxygen atoms in total. The molecular weight excluding hydrogens is 426 g/mol. The van der Waals surface area contributed by atoms with Gasteiger partial charge in [0.2, 0.25) is 5.91 Å². The third-order valence-electron chi connectivity index (χ3n) is 5.40. The summed E-state index contributed by atoms with van der Waals surface area (Å²) in [6.45, 7) is 5.54. The summed E-state index contributed by atoms with van der Waals surface area (Å²) < 4.78 is 14.6. The van der Waals surface area contributed by atoms with Gasteiger partial charge in [0.1, 0.15) is 23.6 Å². The fourth-order valence-electron chi connectivity index (χ4n) is 3.89. The van der Waals surface area contributed by atoms with Gasteiger partial charge in [0.05, 0.1) is 31.3 Å². The minimum absolute atomic E-state index is 0.0537. The number of furan rings is 1. The first kappa shape index (κ1) is 22.1. The Balaban J connectivity index is 1.82. The summed E-state index contributed by atoms with van der Waals surface area (Å²) in [5.74, 6) is 0.520. The molecule has 0 spiro atoms. The molecule has 0 bridgehead atoms. The molecule has 0 saturated heterocycles. The van der Waals surface area contributed by atoms with Crippen LogP contribution in [0.15, 0.2) is 50.6 Å². The van der Waals surface area contributed by atoms with E-state index in [4.69, 9.17) is 9.15 Å². The molecule has 33 heavy (non-hydrogen) atoms. The van der Waals surface area contributed by atoms with E-state index in [9.17, 15) is 14.4 Å². The van der Waals surface area contributed by atoms with E-state index in [1.165, 1.54) is 17.9 Å². The van der Waals surface area contributed by atoms with E-state index >= 15 is 0 Å². The van der Waals surface area contributed by atoms with Crippen LogP contribution in [0.4, 0.5) is 5.69 Å². The smallest absolute Gasteiger partial charge is 0.332 e. The first-order valence-electron chi connectivity index (χ1n) is 10.5. The number of carbonyl (C=O) groups excluding carboxylic acids is 1. The summed E-state index contributed by atoms with van der Waals surface area (Å²) >= 11 is 0. The zero-order valence-electron chi connectivity index (χ0n) is 18.9. The summed E-state index contributed by atoms with van der Waals surface area (Å²) in [7, 11) is 1.52. The van der Waals surface area contributed by atoms with Gasteiger partial charge in [-0.15, -0.1) is 0 Å². The number of carbonyl (C=O) groups is 1. The number of ether oxygens (including phenoxy) is 1. The number of aromatic nitrogens is 4. The number of hydrogen-bond donors (Lipinski definition) is 1. The first-order chi connectivity index (χ1) is 15.8. The molecule has 1 amide bonds. The molecule has 0 unspecified atom stereocenters. The second kappa shape index (κ2) is 8.81. The number of anilines is 1. The van der Waals surface area contributed by atoms with Gasteiger partial charge in [-0.05, 0) is 50.6 Å². The zero-order valence-corrected chi connectivity index (χ0v) is 18.9. The van der Waals surface area contributed by atoms with Crippen molar-refractivity contribution >= 4 is 22.6 Å². The topological polar surface area (TPSA) is 113 Å². The normalized spacial score (nSPS) is 11.2. The van der Waals surface area contributed by atoms with Crippen molar-refractivity contribution in [1.29, 1.82) is 0 Å². The van der Waals surface area contributed by atoms with Crippen molar-refractivity contribution in [3.63, 3.8) is 0 Å².